The van der Waals surface area contributed by atoms with E-state index in [0.717, 1.165) is 56.5 Å². The van der Waals surface area contributed by atoms with Crippen LogP contribution in [0.5, 0.6) is 0 Å². The molecule has 3 N–H and O–H groups in total. The lowest BCUT2D eigenvalue weighted by Gasteiger charge is -2.27. The quantitative estimate of drug-likeness (QED) is 0.145. The second kappa shape index (κ2) is 14.4. The van der Waals surface area contributed by atoms with Crippen molar-refractivity contribution in [3.8, 4) is 0 Å². The van der Waals surface area contributed by atoms with Crippen molar-refractivity contribution in [3.05, 3.63) is 136 Å². The largest absolute Gasteiger partial charge is 0.488 e. The first-order valence-corrected chi connectivity index (χ1v) is 18.2. The second-order valence-electron chi connectivity index (χ2n) is 14.7. The number of nitrogens with zero attached hydrogens (tertiary/aromatic N) is 2. The third-order valence-corrected chi connectivity index (χ3v) is 10.7. The Morgan fingerprint density at radius 3 is 2.29 bits per heavy atom. The third-order valence-electron chi connectivity index (χ3n) is 10.7. The van der Waals surface area contributed by atoms with E-state index in [1.807, 2.05) is 18.2 Å². The Kier molecular flexibility index (Phi) is 10.2. The number of hydrogen-bond acceptors (Lipinski definition) is 4. The Balaban J connectivity index is 1.44. The van der Waals surface area contributed by atoms with Gasteiger partial charge in [0.15, 0.2) is 5.71 Å². The average molecular weight is 655 g/mol. The lowest BCUT2D eigenvalue weighted by molar-refractivity contribution is -0.437. The molecular formula is C43H53BN3O2+. The maximum absolute atomic E-state index is 10.1. The Morgan fingerprint density at radius 1 is 0.816 bits per heavy atom. The summed E-state index contributed by atoms with van der Waals surface area (Å²) in [6.45, 7) is 16.3. The smallest absolute Gasteiger partial charge is 0.423 e. The van der Waals surface area contributed by atoms with Crippen LogP contribution in [0.25, 0.3) is 0 Å². The molecule has 0 amide bonds. The van der Waals surface area contributed by atoms with Crippen molar-refractivity contribution in [2.45, 2.75) is 91.0 Å². The van der Waals surface area contributed by atoms with Gasteiger partial charge < -0.3 is 20.3 Å². The predicted octanol–water partition coefficient (Wildman–Crippen LogP) is 7.95. The number of rotatable bonds is 11. The summed E-state index contributed by atoms with van der Waals surface area (Å²) in [5.74, 6) is 0. The summed E-state index contributed by atoms with van der Waals surface area (Å²) in [6.07, 6.45) is 14.6. The molecule has 5 nitrogen and oxygen atoms in total. The zero-order valence-electron chi connectivity index (χ0n) is 30.3. The molecule has 6 rings (SSSR count). The van der Waals surface area contributed by atoms with Crippen LogP contribution in [0, 0.1) is 0 Å². The number of anilines is 1. The molecule has 6 heteroatoms. The number of allylic oxidation sites excluding steroid dienone is 7. The first-order chi connectivity index (χ1) is 23.6. The van der Waals surface area contributed by atoms with Crippen LogP contribution in [0.2, 0.25) is 0 Å². The Hall–Kier alpha value is -4.13. The van der Waals surface area contributed by atoms with Crippen LogP contribution < -0.4 is 15.7 Å². The molecule has 0 unspecified atom stereocenters. The molecule has 1 aliphatic carbocycles. The van der Waals surface area contributed by atoms with E-state index in [2.05, 4.69) is 129 Å². The lowest BCUT2D eigenvalue weighted by Crippen LogP contribution is -2.34. The maximum Gasteiger partial charge on any atom is 0.488 e. The highest BCUT2D eigenvalue weighted by molar-refractivity contribution is 6.59. The summed E-state index contributed by atoms with van der Waals surface area (Å²) >= 11 is 0. The van der Waals surface area contributed by atoms with Crippen LogP contribution in [0.1, 0.15) is 90.3 Å². The van der Waals surface area contributed by atoms with Gasteiger partial charge in [-0.05, 0) is 79.4 Å². The Labute approximate surface area is 294 Å². The molecule has 0 atom stereocenters. The summed E-state index contributed by atoms with van der Waals surface area (Å²) in [6, 6.07) is 25.2. The summed E-state index contributed by atoms with van der Waals surface area (Å²) in [5, 5.41) is 24.0. The number of nitrogens with one attached hydrogen (secondary N) is 1. The van der Waals surface area contributed by atoms with E-state index >= 15 is 0 Å². The van der Waals surface area contributed by atoms with Crippen molar-refractivity contribution in [2.24, 2.45) is 0 Å². The van der Waals surface area contributed by atoms with Gasteiger partial charge in [-0.2, -0.15) is 4.58 Å². The summed E-state index contributed by atoms with van der Waals surface area (Å²) < 4.78 is 2.50. The minimum absolute atomic E-state index is 0.101. The van der Waals surface area contributed by atoms with E-state index in [1.165, 1.54) is 45.1 Å². The zero-order valence-corrected chi connectivity index (χ0v) is 30.3. The fourth-order valence-corrected chi connectivity index (χ4v) is 8.19. The van der Waals surface area contributed by atoms with E-state index in [4.69, 9.17) is 0 Å². The molecule has 2 aliphatic heterocycles. The van der Waals surface area contributed by atoms with Crippen LogP contribution in [-0.4, -0.2) is 40.5 Å². The SMILES string of the molecule is CCCN1C(=CC=C2CCCC(C=CC3=[N+](CCC)c4ccccc4C3(C)C)=C2NCc2ccccc2B(O)O)C(C)(C)c2ccccc21. The molecule has 2 heterocycles. The normalized spacial score (nSPS) is 19.7. The van der Waals surface area contributed by atoms with Crippen LogP contribution >= 0.6 is 0 Å². The van der Waals surface area contributed by atoms with Crippen LogP contribution in [0.15, 0.2) is 120 Å². The van der Waals surface area contributed by atoms with Gasteiger partial charge in [-0.1, -0.05) is 101 Å². The van der Waals surface area contributed by atoms with Gasteiger partial charge >= 0.3 is 7.12 Å². The van der Waals surface area contributed by atoms with Crippen molar-refractivity contribution in [2.75, 3.05) is 18.0 Å². The predicted molar refractivity (Wildman–Crippen MR) is 206 cm³/mol. The van der Waals surface area contributed by atoms with Crippen molar-refractivity contribution < 1.29 is 14.6 Å². The zero-order chi connectivity index (χ0) is 34.8. The van der Waals surface area contributed by atoms with Gasteiger partial charge in [-0.15, -0.1) is 0 Å². The van der Waals surface area contributed by atoms with E-state index in [1.54, 1.807) is 6.07 Å². The first-order valence-electron chi connectivity index (χ1n) is 18.2. The highest BCUT2D eigenvalue weighted by atomic mass is 16.4. The molecular weight excluding hydrogens is 601 g/mol. The fraction of sp³-hybridized carbons (Fsp3) is 0.372. The third kappa shape index (κ3) is 6.61. The minimum atomic E-state index is -1.51. The summed E-state index contributed by atoms with van der Waals surface area (Å²) in [4.78, 5) is 2.50. The van der Waals surface area contributed by atoms with Gasteiger partial charge in [0.25, 0.3) is 0 Å². The monoisotopic (exact) mass is 654 g/mol. The van der Waals surface area contributed by atoms with Gasteiger partial charge in [0.2, 0.25) is 5.69 Å². The summed E-state index contributed by atoms with van der Waals surface area (Å²) in [5.41, 5.74) is 13.0. The van der Waals surface area contributed by atoms with Gasteiger partial charge in [-0.25, -0.2) is 0 Å². The molecule has 0 saturated heterocycles. The van der Waals surface area contributed by atoms with Crippen molar-refractivity contribution in [1.29, 1.82) is 0 Å². The van der Waals surface area contributed by atoms with Crippen molar-refractivity contribution in [1.82, 2.24) is 5.32 Å². The fourth-order valence-electron chi connectivity index (χ4n) is 8.19. The van der Waals surface area contributed by atoms with Crippen molar-refractivity contribution >= 4 is 29.7 Å². The molecule has 0 bridgehead atoms. The highest BCUT2D eigenvalue weighted by Crippen LogP contribution is 2.48. The average Bonchev–Trinajstić information content (AvgIpc) is 3.44. The van der Waals surface area contributed by atoms with Crippen LogP contribution in [-0.2, 0) is 17.4 Å². The number of para-hydroxylation sites is 2. The van der Waals surface area contributed by atoms with Crippen molar-refractivity contribution in [3.63, 3.8) is 0 Å². The standard InChI is InChI=1S/C43H52BN3O2/c1-7-28-46-37-22-13-10-19-34(37)42(3,4)39(46)26-24-31-17-15-18-32(41(31)45-30-33-16-9-12-21-36(33)44(48)49)25-27-40-43(5,6)35-20-11-14-23-38(35)47(40)29-8-2/h9-14,16,19-27,48-49H,7-8,15,17-18,28-30H2,1-6H3/p+1. The maximum atomic E-state index is 10.1. The van der Waals surface area contributed by atoms with E-state index in [-0.39, 0.29) is 10.8 Å². The molecule has 254 valence electrons. The minimum Gasteiger partial charge on any atom is -0.423 e. The topological polar surface area (TPSA) is 58.7 Å². The van der Waals surface area contributed by atoms with Crippen LogP contribution in [0.4, 0.5) is 11.4 Å². The molecule has 3 aromatic carbocycles. The highest BCUT2D eigenvalue weighted by Gasteiger charge is 2.44. The molecule has 0 saturated carbocycles. The Morgan fingerprint density at radius 2 is 1.53 bits per heavy atom. The first kappa shape index (κ1) is 34.7. The van der Waals surface area contributed by atoms with Gasteiger partial charge in [-0.3, -0.25) is 0 Å². The summed E-state index contributed by atoms with van der Waals surface area (Å²) in [7, 11) is -1.51. The molecule has 3 aromatic rings. The molecule has 3 aliphatic rings. The second-order valence-corrected chi connectivity index (χ2v) is 14.7. The molecule has 49 heavy (non-hydrogen) atoms. The molecule has 0 radical (unpaired) electrons. The molecule has 0 spiro atoms. The Bertz CT molecular complexity index is 1860. The number of benzene rings is 3. The number of hydrogen-bond donors (Lipinski definition) is 3. The van der Waals surface area contributed by atoms with Gasteiger partial charge in [0.1, 0.15) is 6.54 Å². The van der Waals surface area contributed by atoms with E-state index in [9.17, 15) is 10.0 Å². The van der Waals surface area contributed by atoms with Gasteiger partial charge in [0, 0.05) is 59.7 Å². The van der Waals surface area contributed by atoms with Gasteiger partial charge in [0.05, 0.1) is 5.41 Å². The van der Waals surface area contributed by atoms with E-state index < -0.39 is 7.12 Å². The molecule has 0 aromatic heterocycles. The lowest BCUT2D eigenvalue weighted by atomic mass is 9.77. The van der Waals surface area contributed by atoms with Crippen LogP contribution in [0.3, 0.4) is 0 Å². The number of fused-ring (bicyclic) bond motifs is 2. The van der Waals surface area contributed by atoms with E-state index in [0.29, 0.717) is 12.0 Å². The molecule has 0 fully saturated rings.